The van der Waals surface area contributed by atoms with E-state index in [2.05, 4.69) is 20.7 Å². The topological polar surface area (TPSA) is 120 Å². The van der Waals surface area contributed by atoms with Crippen molar-refractivity contribution in [2.24, 2.45) is 5.92 Å². The Balaban J connectivity index is 1.37. The van der Waals surface area contributed by atoms with E-state index >= 15 is 0 Å². The molecule has 1 aliphatic heterocycles. The first-order valence-corrected chi connectivity index (χ1v) is 10.2. The van der Waals surface area contributed by atoms with Gasteiger partial charge in [-0.05, 0) is 50.3 Å². The quantitative estimate of drug-likeness (QED) is 0.699. The third kappa shape index (κ3) is 4.25. The molecule has 0 radical (unpaired) electrons. The van der Waals surface area contributed by atoms with Crippen LogP contribution >= 0.6 is 0 Å². The molecule has 1 saturated heterocycles. The number of H-pyrrole nitrogens is 1. The van der Waals surface area contributed by atoms with Crippen molar-refractivity contribution in [2.45, 2.75) is 50.4 Å². The molecule has 0 bridgehead atoms. The van der Waals surface area contributed by atoms with Crippen LogP contribution in [0, 0.1) is 5.92 Å². The molecular weight excluding hydrogens is 374 g/mol. The lowest BCUT2D eigenvalue weighted by Gasteiger charge is -2.38. The van der Waals surface area contributed by atoms with Gasteiger partial charge in [-0.1, -0.05) is 0 Å². The number of carbonyl (C=O) groups is 2. The maximum Gasteiger partial charge on any atom is 0.251 e. The summed E-state index contributed by atoms with van der Waals surface area (Å²) in [5.74, 6) is -0.146. The van der Waals surface area contributed by atoms with Gasteiger partial charge in [0.15, 0.2) is 0 Å². The summed E-state index contributed by atoms with van der Waals surface area (Å²) < 4.78 is 5.63. The highest BCUT2D eigenvalue weighted by Gasteiger charge is 2.37. The Hall–Kier alpha value is -2.52. The number of nitrogens with zero attached hydrogens (tertiary/aromatic N) is 3. The summed E-state index contributed by atoms with van der Waals surface area (Å²) in [7, 11) is 1.62. The molecule has 2 amide bonds. The number of aromatic amines is 1. The number of methoxy groups -OCH3 is 1. The van der Waals surface area contributed by atoms with Crippen molar-refractivity contribution in [1.82, 2.24) is 25.6 Å². The maximum absolute atomic E-state index is 12.9. The molecule has 2 fully saturated rings. The van der Waals surface area contributed by atoms with Crippen LogP contribution in [0.3, 0.4) is 0 Å². The zero-order valence-corrected chi connectivity index (χ0v) is 16.5. The van der Waals surface area contributed by atoms with Gasteiger partial charge in [-0.15, -0.1) is 0 Å². The Morgan fingerprint density at radius 1 is 1.17 bits per heavy atom. The van der Waals surface area contributed by atoms with Gasteiger partial charge in [-0.3, -0.25) is 9.59 Å². The molecule has 3 atom stereocenters. The number of benzene rings is 1. The predicted octanol–water partition coefficient (Wildman–Crippen LogP) is 0.855. The number of hydrogen-bond donors (Lipinski definition) is 3. The van der Waals surface area contributed by atoms with Gasteiger partial charge >= 0.3 is 0 Å². The standard InChI is InChI=1S/C20H27N5O4/c1-29-18-11-13(20(28)25-8-6-14(26)7-9-25)3-5-16(18)21-19(27)12-2-4-15-17(10-12)23-24-22-15/h2,4,10,13-14,16,18,26H,3,5-9,11H2,1H3,(H,21,27)(H,22,23,24)/t13-,16-,18-/m0/s1. The molecule has 29 heavy (non-hydrogen) atoms. The van der Waals surface area contributed by atoms with E-state index in [0.29, 0.717) is 61.8 Å². The average molecular weight is 401 g/mol. The lowest BCUT2D eigenvalue weighted by Crippen LogP contribution is -2.51. The average Bonchev–Trinajstić information content (AvgIpc) is 3.22. The Labute approximate surface area is 168 Å². The Bertz CT molecular complexity index is 877. The van der Waals surface area contributed by atoms with Crippen molar-refractivity contribution in [3.63, 3.8) is 0 Å². The summed E-state index contributed by atoms with van der Waals surface area (Å²) in [5, 5.41) is 23.3. The molecule has 4 rings (SSSR count). The molecule has 0 unspecified atom stereocenters. The summed E-state index contributed by atoms with van der Waals surface area (Å²) in [6.45, 7) is 1.22. The number of rotatable bonds is 4. The number of aliphatic hydroxyl groups excluding tert-OH is 1. The number of amides is 2. The minimum atomic E-state index is -0.298. The van der Waals surface area contributed by atoms with Crippen LogP contribution in [-0.2, 0) is 9.53 Å². The molecule has 156 valence electrons. The van der Waals surface area contributed by atoms with E-state index in [1.807, 2.05) is 4.90 Å². The molecular formula is C20H27N5O4. The van der Waals surface area contributed by atoms with Crippen LogP contribution in [0.15, 0.2) is 18.2 Å². The summed E-state index contributed by atoms with van der Waals surface area (Å²) in [4.78, 5) is 27.4. The molecule has 2 aromatic rings. The van der Waals surface area contributed by atoms with Crippen molar-refractivity contribution in [1.29, 1.82) is 0 Å². The highest BCUT2D eigenvalue weighted by molar-refractivity contribution is 5.97. The number of likely N-dealkylation sites (tertiary alicyclic amines) is 1. The zero-order chi connectivity index (χ0) is 20.4. The first-order chi connectivity index (χ1) is 14.0. The molecule has 2 heterocycles. The van der Waals surface area contributed by atoms with Crippen molar-refractivity contribution < 1.29 is 19.4 Å². The molecule has 2 aliphatic rings. The number of nitrogens with one attached hydrogen (secondary N) is 2. The van der Waals surface area contributed by atoms with Crippen LogP contribution in [0.2, 0.25) is 0 Å². The van der Waals surface area contributed by atoms with Gasteiger partial charge in [-0.25, -0.2) is 0 Å². The first-order valence-electron chi connectivity index (χ1n) is 10.2. The number of aliphatic hydroxyl groups is 1. The van der Waals surface area contributed by atoms with Gasteiger partial charge in [0.25, 0.3) is 5.91 Å². The van der Waals surface area contributed by atoms with Crippen LogP contribution in [0.5, 0.6) is 0 Å². The second-order valence-electron chi connectivity index (χ2n) is 7.95. The number of ether oxygens (including phenoxy) is 1. The smallest absolute Gasteiger partial charge is 0.251 e. The number of hydrogen-bond acceptors (Lipinski definition) is 6. The number of fused-ring (bicyclic) bond motifs is 1. The van der Waals surface area contributed by atoms with Gasteiger partial charge in [-0.2, -0.15) is 15.4 Å². The Morgan fingerprint density at radius 2 is 1.93 bits per heavy atom. The number of aromatic nitrogens is 3. The van der Waals surface area contributed by atoms with Crippen LogP contribution in [0.25, 0.3) is 11.0 Å². The summed E-state index contributed by atoms with van der Waals surface area (Å²) in [5.41, 5.74) is 1.87. The fourth-order valence-corrected chi connectivity index (χ4v) is 4.36. The van der Waals surface area contributed by atoms with Gasteiger partial charge < -0.3 is 20.1 Å². The van der Waals surface area contributed by atoms with Crippen molar-refractivity contribution >= 4 is 22.8 Å². The van der Waals surface area contributed by atoms with Gasteiger partial charge in [0.1, 0.15) is 11.0 Å². The third-order valence-corrected chi connectivity index (χ3v) is 6.11. The maximum atomic E-state index is 12.9. The van der Waals surface area contributed by atoms with Crippen LogP contribution in [0.1, 0.15) is 42.5 Å². The highest BCUT2D eigenvalue weighted by Crippen LogP contribution is 2.29. The minimum Gasteiger partial charge on any atom is -0.393 e. The van der Waals surface area contributed by atoms with Crippen molar-refractivity contribution in [3.8, 4) is 0 Å². The van der Waals surface area contributed by atoms with Gasteiger partial charge in [0.2, 0.25) is 5.91 Å². The van der Waals surface area contributed by atoms with Crippen LogP contribution < -0.4 is 5.32 Å². The molecule has 9 nitrogen and oxygen atoms in total. The molecule has 1 aromatic heterocycles. The monoisotopic (exact) mass is 401 g/mol. The van der Waals surface area contributed by atoms with E-state index in [4.69, 9.17) is 4.74 Å². The van der Waals surface area contributed by atoms with E-state index in [0.717, 1.165) is 0 Å². The second-order valence-corrected chi connectivity index (χ2v) is 7.95. The number of carbonyl (C=O) groups excluding carboxylic acids is 2. The van der Waals surface area contributed by atoms with E-state index in [1.54, 1.807) is 25.3 Å². The molecule has 0 spiro atoms. The Morgan fingerprint density at radius 3 is 2.69 bits per heavy atom. The van der Waals surface area contributed by atoms with Crippen molar-refractivity contribution in [2.75, 3.05) is 20.2 Å². The lowest BCUT2D eigenvalue weighted by molar-refractivity contribution is -0.140. The Kier molecular flexibility index (Phi) is 5.77. The normalized spacial score (nSPS) is 25.9. The second kappa shape index (κ2) is 8.46. The summed E-state index contributed by atoms with van der Waals surface area (Å²) >= 11 is 0. The SMILES string of the molecule is CO[C@H]1C[C@@H](C(=O)N2CCC(O)CC2)CC[C@@H]1NC(=O)c1ccc2n[nH]nc2c1. The minimum absolute atomic E-state index is 0.102. The van der Waals surface area contributed by atoms with Gasteiger partial charge in [0.05, 0.1) is 18.2 Å². The lowest BCUT2D eigenvalue weighted by atomic mass is 9.82. The third-order valence-electron chi connectivity index (χ3n) is 6.11. The van der Waals surface area contributed by atoms with E-state index in [9.17, 15) is 14.7 Å². The first kappa shape index (κ1) is 19.8. The predicted molar refractivity (Wildman–Crippen MR) is 105 cm³/mol. The molecule has 1 aliphatic carbocycles. The summed E-state index contributed by atoms with van der Waals surface area (Å²) in [6.07, 6.45) is 2.75. The highest BCUT2D eigenvalue weighted by atomic mass is 16.5. The molecule has 1 aromatic carbocycles. The van der Waals surface area contributed by atoms with Gasteiger partial charge in [0, 0.05) is 31.7 Å². The van der Waals surface area contributed by atoms with Crippen LogP contribution in [0.4, 0.5) is 0 Å². The van der Waals surface area contributed by atoms with Crippen molar-refractivity contribution in [3.05, 3.63) is 23.8 Å². The fraction of sp³-hybridized carbons (Fsp3) is 0.600. The molecule has 3 N–H and O–H groups in total. The van der Waals surface area contributed by atoms with Crippen LogP contribution in [-0.4, -0.2) is 75.7 Å². The molecule has 1 saturated carbocycles. The molecule has 9 heteroatoms. The summed E-state index contributed by atoms with van der Waals surface area (Å²) in [6, 6.07) is 5.04. The van der Waals surface area contributed by atoms with E-state index in [-0.39, 0.29) is 36.0 Å². The van der Waals surface area contributed by atoms with E-state index in [1.165, 1.54) is 0 Å². The zero-order valence-electron chi connectivity index (χ0n) is 16.5. The van der Waals surface area contributed by atoms with E-state index < -0.39 is 0 Å². The number of piperidine rings is 1. The fourth-order valence-electron chi connectivity index (χ4n) is 4.36. The largest absolute Gasteiger partial charge is 0.393 e.